The number of anilines is 1. The number of nitrogens with two attached hydrogens (primary N) is 1. The molecule has 6 heteroatoms. The van der Waals surface area contributed by atoms with E-state index < -0.39 is 0 Å². The fourth-order valence-corrected chi connectivity index (χ4v) is 2.55. The van der Waals surface area contributed by atoms with E-state index in [0.29, 0.717) is 23.3 Å². The van der Waals surface area contributed by atoms with Crippen LogP contribution in [0.3, 0.4) is 0 Å². The van der Waals surface area contributed by atoms with Gasteiger partial charge in [-0.1, -0.05) is 29.4 Å². The first-order chi connectivity index (χ1) is 8.67. The van der Waals surface area contributed by atoms with Gasteiger partial charge in [0, 0.05) is 23.1 Å². The van der Waals surface area contributed by atoms with Crippen LogP contribution in [0, 0.1) is 0 Å². The molecule has 2 aromatic rings. The standard InChI is InChI=1S/C12H12ClN3OS/c1-17-7-11-15-10(14)6-12(16-11)18-9-4-2-3-8(13)5-9/h2-6H,7H2,1H3,(H2,14,15,16). The van der Waals surface area contributed by atoms with Crippen LogP contribution >= 0.6 is 23.4 Å². The minimum atomic E-state index is 0.341. The molecule has 0 atom stereocenters. The predicted octanol–water partition coefficient (Wildman–Crippen LogP) is 3.01. The molecule has 0 spiro atoms. The first kappa shape index (κ1) is 13.1. The number of hydrogen-bond donors (Lipinski definition) is 1. The summed E-state index contributed by atoms with van der Waals surface area (Å²) in [6.07, 6.45) is 0. The van der Waals surface area contributed by atoms with Crippen LogP contribution in [-0.4, -0.2) is 17.1 Å². The van der Waals surface area contributed by atoms with E-state index in [1.54, 1.807) is 13.2 Å². The van der Waals surface area contributed by atoms with Gasteiger partial charge in [-0.05, 0) is 18.2 Å². The summed E-state index contributed by atoms with van der Waals surface area (Å²) in [7, 11) is 1.59. The summed E-state index contributed by atoms with van der Waals surface area (Å²) in [5, 5.41) is 1.47. The molecule has 0 aliphatic carbocycles. The Bertz CT molecular complexity index is 551. The molecule has 1 heterocycles. The predicted molar refractivity (Wildman–Crippen MR) is 72.7 cm³/mol. The smallest absolute Gasteiger partial charge is 0.157 e. The lowest BCUT2D eigenvalue weighted by Crippen LogP contribution is -2.01. The average Bonchev–Trinajstić information content (AvgIpc) is 2.28. The fraction of sp³-hybridized carbons (Fsp3) is 0.167. The van der Waals surface area contributed by atoms with Gasteiger partial charge in [-0.15, -0.1) is 0 Å². The number of nitrogen functional groups attached to an aromatic ring is 1. The lowest BCUT2D eigenvalue weighted by atomic mass is 10.4. The van der Waals surface area contributed by atoms with Crippen molar-refractivity contribution in [3.63, 3.8) is 0 Å². The summed E-state index contributed by atoms with van der Waals surface area (Å²) in [6.45, 7) is 0.341. The maximum atomic E-state index is 5.93. The van der Waals surface area contributed by atoms with Crippen LogP contribution in [0.2, 0.25) is 5.02 Å². The van der Waals surface area contributed by atoms with Crippen molar-refractivity contribution < 1.29 is 4.74 Å². The Balaban J connectivity index is 2.23. The highest BCUT2D eigenvalue weighted by Gasteiger charge is 2.05. The Kier molecular flexibility index (Phi) is 4.41. The average molecular weight is 282 g/mol. The molecule has 0 amide bonds. The molecule has 0 unspecified atom stereocenters. The normalized spacial score (nSPS) is 10.6. The van der Waals surface area contributed by atoms with Crippen LogP contribution in [0.5, 0.6) is 0 Å². The number of rotatable bonds is 4. The second-order valence-electron chi connectivity index (χ2n) is 3.54. The van der Waals surface area contributed by atoms with E-state index in [4.69, 9.17) is 22.1 Å². The molecule has 0 bridgehead atoms. The molecule has 0 saturated heterocycles. The van der Waals surface area contributed by atoms with Gasteiger partial charge in [0.1, 0.15) is 17.5 Å². The first-order valence-corrected chi connectivity index (χ1v) is 6.42. The zero-order chi connectivity index (χ0) is 13.0. The van der Waals surface area contributed by atoms with Gasteiger partial charge in [0.05, 0.1) is 0 Å². The van der Waals surface area contributed by atoms with E-state index in [0.717, 1.165) is 9.92 Å². The van der Waals surface area contributed by atoms with E-state index >= 15 is 0 Å². The fourth-order valence-electron chi connectivity index (χ4n) is 1.39. The number of nitrogens with zero attached hydrogens (tertiary/aromatic N) is 2. The molecule has 0 aliphatic rings. The van der Waals surface area contributed by atoms with Crippen molar-refractivity contribution in [1.29, 1.82) is 0 Å². The molecular weight excluding hydrogens is 270 g/mol. The minimum absolute atomic E-state index is 0.341. The Morgan fingerprint density at radius 1 is 1.33 bits per heavy atom. The van der Waals surface area contributed by atoms with Crippen LogP contribution < -0.4 is 5.73 Å². The molecular formula is C12H12ClN3OS. The monoisotopic (exact) mass is 281 g/mol. The van der Waals surface area contributed by atoms with Crippen molar-refractivity contribution in [2.75, 3.05) is 12.8 Å². The quantitative estimate of drug-likeness (QED) is 0.873. The molecule has 4 nitrogen and oxygen atoms in total. The Hall–Kier alpha value is -1.30. The van der Waals surface area contributed by atoms with Crippen molar-refractivity contribution in [1.82, 2.24) is 9.97 Å². The second-order valence-corrected chi connectivity index (χ2v) is 5.07. The van der Waals surface area contributed by atoms with Crippen LogP contribution in [0.1, 0.15) is 5.82 Å². The molecule has 94 valence electrons. The van der Waals surface area contributed by atoms with Crippen molar-refractivity contribution >= 4 is 29.2 Å². The highest BCUT2D eigenvalue weighted by atomic mass is 35.5. The van der Waals surface area contributed by atoms with Crippen LogP contribution in [0.25, 0.3) is 0 Å². The molecule has 1 aromatic heterocycles. The van der Waals surface area contributed by atoms with E-state index in [-0.39, 0.29) is 0 Å². The molecule has 0 radical (unpaired) electrons. The summed E-state index contributed by atoms with van der Waals surface area (Å²) in [4.78, 5) is 9.44. The number of aromatic nitrogens is 2. The molecule has 18 heavy (non-hydrogen) atoms. The van der Waals surface area contributed by atoms with Crippen LogP contribution in [0.4, 0.5) is 5.82 Å². The summed E-state index contributed by atoms with van der Waals surface area (Å²) in [5.74, 6) is 1.00. The molecule has 2 rings (SSSR count). The Morgan fingerprint density at radius 3 is 2.89 bits per heavy atom. The molecule has 1 aromatic carbocycles. The Morgan fingerprint density at radius 2 is 2.17 bits per heavy atom. The lowest BCUT2D eigenvalue weighted by molar-refractivity contribution is 0.177. The van der Waals surface area contributed by atoms with E-state index in [2.05, 4.69) is 9.97 Å². The molecule has 2 N–H and O–H groups in total. The number of methoxy groups -OCH3 is 1. The maximum absolute atomic E-state index is 5.93. The largest absolute Gasteiger partial charge is 0.384 e. The maximum Gasteiger partial charge on any atom is 0.157 e. The lowest BCUT2D eigenvalue weighted by Gasteiger charge is -2.05. The Labute approximate surface area is 115 Å². The number of ether oxygens (including phenoxy) is 1. The van der Waals surface area contributed by atoms with E-state index in [1.165, 1.54) is 11.8 Å². The van der Waals surface area contributed by atoms with Gasteiger partial charge in [0.15, 0.2) is 5.82 Å². The van der Waals surface area contributed by atoms with Crippen LogP contribution in [0.15, 0.2) is 40.3 Å². The van der Waals surface area contributed by atoms with Gasteiger partial charge in [-0.2, -0.15) is 0 Å². The summed E-state index contributed by atoms with van der Waals surface area (Å²) in [6, 6.07) is 9.29. The first-order valence-electron chi connectivity index (χ1n) is 5.23. The van der Waals surface area contributed by atoms with E-state index in [9.17, 15) is 0 Å². The summed E-state index contributed by atoms with van der Waals surface area (Å²) >= 11 is 7.42. The molecule has 0 fully saturated rings. The van der Waals surface area contributed by atoms with Crippen molar-refractivity contribution in [3.05, 3.63) is 41.2 Å². The molecule has 0 saturated carbocycles. The minimum Gasteiger partial charge on any atom is -0.384 e. The number of hydrogen-bond acceptors (Lipinski definition) is 5. The molecule has 0 aliphatic heterocycles. The third kappa shape index (κ3) is 3.60. The zero-order valence-corrected chi connectivity index (χ0v) is 11.3. The highest BCUT2D eigenvalue weighted by Crippen LogP contribution is 2.28. The zero-order valence-electron chi connectivity index (χ0n) is 9.76. The third-order valence-electron chi connectivity index (χ3n) is 2.06. The van der Waals surface area contributed by atoms with E-state index in [1.807, 2.05) is 24.3 Å². The second kappa shape index (κ2) is 6.04. The van der Waals surface area contributed by atoms with Crippen LogP contribution in [-0.2, 0) is 11.3 Å². The topological polar surface area (TPSA) is 61.0 Å². The van der Waals surface area contributed by atoms with Gasteiger partial charge in [-0.3, -0.25) is 0 Å². The van der Waals surface area contributed by atoms with Gasteiger partial charge in [-0.25, -0.2) is 9.97 Å². The van der Waals surface area contributed by atoms with Crippen molar-refractivity contribution in [3.8, 4) is 0 Å². The third-order valence-corrected chi connectivity index (χ3v) is 3.20. The number of halogens is 1. The summed E-state index contributed by atoms with van der Waals surface area (Å²) < 4.78 is 5.00. The number of benzene rings is 1. The van der Waals surface area contributed by atoms with Crippen molar-refractivity contribution in [2.45, 2.75) is 16.5 Å². The SMILES string of the molecule is COCc1nc(N)cc(Sc2cccc(Cl)c2)n1. The highest BCUT2D eigenvalue weighted by molar-refractivity contribution is 7.99. The summed E-state index contributed by atoms with van der Waals surface area (Å²) in [5.41, 5.74) is 5.73. The van der Waals surface area contributed by atoms with Gasteiger partial charge in [0.2, 0.25) is 0 Å². The van der Waals surface area contributed by atoms with Gasteiger partial charge >= 0.3 is 0 Å². The van der Waals surface area contributed by atoms with Gasteiger partial charge in [0.25, 0.3) is 0 Å². The van der Waals surface area contributed by atoms with Gasteiger partial charge < -0.3 is 10.5 Å². The van der Waals surface area contributed by atoms with Crippen molar-refractivity contribution in [2.24, 2.45) is 0 Å².